The maximum Gasteiger partial charge on any atom is 0.416 e. The highest BCUT2D eigenvalue weighted by atomic mass is 127. The van der Waals surface area contributed by atoms with E-state index in [1.54, 1.807) is 0 Å². The van der Waals surface area contributed by atoms with Crippen LogP contribution in [0.3, 0.4) is 0 Å². The first-order chi connectivity index (χ1) is 10.5. The zero-order chi connectivity index (χ0) is 16.0. The quantitative estimate of drug-likeness (QED) is 0.324. The van der Waals surface area contributed by atoms with E-state index in [2.05, 4.69) is 4.99 Å². The summed E-state index contributed by atoms with van der Waals surface area (Å²) in [6.07, 6.45) is -4.33. The Morgan fingerprint density at radius 3 is 2.39 bits per heavy atom. The van der Waals surface area contributed by atoms with Crippen molar-refractivity contribution < 1.29 is 17.9 Å². The van der Waals surface area contributed by atoms with E-state index in [0.717, 1.165) is 36.7 Å². The molecule has 2 N–H and O–H groups in total. The predicted molar refractivity (Wildman–Crippen MR) is 97.7 cm³/mol. The maximum absolute atomic E-state index is 12.4. The topological polar surface area (TPSA) is 50.9 Å². The van der Waals surface area contributed by atoms with Gasteiger partial charge in [0.15, 0.2) is 5.96 Å². The van der Waals surface area contributed by atoms with Gasteiger partial charge in [-0.2, -0.15) is 24.9 Å². The van der Waals surface area contributed by atoms with Crippen molar-refractivity contribution >= 4 is 41.7 Å². The second-order valence-electron chi connectivity index (χ2n) is 4.71. The number of thioether (sulfide) groups is 1. The van der Waals surface area contributed by atoms with Crippen LogP contribution in [0.1, 0.15) is 5.56 Å². The summed E-state index contributed by atoms with van der Waals surface area (Å²) in [7, 11) is 0. The molecule has 2 rings (SSSR count). The molecule has 1 aromatic carbocycles. The highest BCUT2D eigenvalue weighted by molar-refractivity contribution is 14.0. The number of nitrogens with two attached hydrogens (primary N) is 1. The Labute approximate surface area is 154 Å². The van der Waals surface area contributed by atoms with Crippen LogP contribution in [0.4, 0.5) is 13.2 Å². The van der Waals surface area contributed by atoms with E-state index < -0.39 is 11.7 Å². The minimum absolute atomic E-state index is 0. The van der Waals surface area contributed by atoms with Crippen molar-refractivity contribution in [3.63, 3.8) is 0 Å². The summed E-state index contributed by atoms with van der Waals surface area (Å²) >= 11 is 1.89. The molecular weight excluding hydrogens is 442 g/mol. The smallest absolute Gasteiger partial charge is 0.416 e. The molecule has 23 heavy (non-hydrogen) atoms. The van der Waals surface area contributed by atoms with Crippen molar-refractivity contribution in [2.24, 2.45) is 10.7 Å². The number of benzene rings is 1. The highest BCUT2D eigenvalue weighted by Crippen LogP contribution is 2.30. The Bertz CT molecular complexity index is 505. The lowest BCUT2D eigenvalue weighted by Gasteiger charge is -2.27. The Morgan fingerprint density at radius 2 is 1.83 bits per heavy atom. The number of halogens is 4. The van der Waals surface area contributed by atoms with Crippen LogP contribution in [-0.4, -0.2) is 48.6 Å². The molecule has 0 radical (unpaired) electrons. The molecule has 0 amide bonds. The number of rotatable bonds is 4. The minimum atomic E-state index is -4.33. The number of ether oxygens (including phenoxy) is 1. The van der Waals surface area contributed by atoms with E-state index in [9.17, 15) is 13.2 Å². The second kappa shape index (κ2) is 9.45. The van der Waals surface area contributed by atoms with Crippen LogP contribution in [0.15, 0.2) is 29.3 Å². The van der Waals surface area contributed by atoms with Crippen molar-refractivity contribution in [3.05, 3.63) is 29.8 Å². The fourth-order valence-corrected chi connectivity index (χ4v) is 2.86. The molecule has 0 spiro atoms. The third-order valence-corrected chi connectivity index (χ3v) is 4.09. The molecule has 1 heterocycles. The van der Waals surface area contributed by atoms with E-state index in [1.807, 2.05) is 16.7 Å². The van der Waals surface area contributed by atoms with Gasteiger partial charge in [0.2, 0.25) is 0 Å². The molecular formula is C14H19F3IN3OS. The van der Waals surface area contributed by atoms with Crippen molar-refractivity contribution in [1.82, 2.24) is 4.90 Å². The van der Waals surface area contributed by atoms with Crippen LogP contribution >= 0.6 is 35.7 Å². The summed E-state index contributed by atoms with van der Waals surface area (Å²) in [6, 6.07) is 4.60. The SMILES string of the molecule is I.NC(=NCCOc1ccc(C(F)(F)F)cc1)N1CCSCC1. The van der Waals surface area contributed by atoms with E-state index in [0.29, 0.717) is 18.3 Å². The van der Waals surface area contributed by atoms with Crippen LogP contribution in [-0.2, 0) is 6.18 Å². The van der Waals surface area contributed by atoms with Crippen LogP contribution in [0.2, 0.25) is 0 Å². The molecule has 0 bridgehead atoms. The summed E-state index contributed by atoms with van der Waals surface area (Å²) in [5.41, 5.74) is 5.19. The zero-order valence-electron chi connectivity index (χ0n) is 12.4. The minimum Gasteiger partial charge on any atom is -0.492 e. The summed E-state index contributed by atoms with van der Waals surface area (Å²) in [6.45, 7) is 2.42. The molecule has 1 aromatic rings. The highest BCUT2D eigenvalue weighted by Gasteiger charge is 2.29. The fourth-order valence-electron chi connectivity index (χ4n) is 1.96. The lowest BCUT2D eigenvalue weighted by molar-refractivity contribution is -0.137. The first-order valence-corrected chi connectivity index (χ1v) is 8.05. The zero-order valence-corrected chi connectivity index (χ0v) is 15.5. The van der Waals surface area contributed by atoms with E-state index in [-0.39, 0.29) is 30.6 Å². The number of nitrogens with zero attached hydrogens (tertiary/aromatic N) is 2. The third-order valence-electron chi connectivity index (χ3n) is 3.15. The van der Waals surface area contributed by atoms with Gasteiger partial charge in [0.25, 0.3) is 0 Å². The summed E-state index contributed by atoms with van der Waals surface area (Å²) in [4.78, 5) is 6.25. The van der Waals surface area contributed by atoms with Gasteiger partial charge in [0.1, 0.15) is 12.4 Å². The Kier molecular flexibility index (Phi) is 8.31. The molecule has 0 aliphatic carbocycles. The molecule has 0 atom stereocenters. The first-order valence-electron chi connectivity index (χ1n) is 6.89. The lowest BCUT2D eigenvalue weighted by atomic mass is 10.2. The number of hydrogen-bond acceptors (Lipinski definition) is 3. The van der Waals surface area contributed by atoms with Gasteiger partial charge in [-0.3, -0.25) is 0 Å². The molecule has 1 aliphatic rings. The maximum atomic E-state index is 12.4. The number of alkyl halides is 3. The van der Waals surface area contributed by atoms with Gasteiger partial charge in [-0.05, 0) is 24.3 Å². The predicted octanol–water partition coefficient (Wildman–Crippen LogP) is 3.07. The van der Waals surface area contributed by atoms with Crippen molar-refractivity contribution in [3.8, 4) is 5.75 Å². The second-order valence-corrected chi connectivity index (χ2v) is 5.93. The summed E-state index contributed by atoms with van der Waals surface area (Å²) < 4.78 is 42.6. The normalized spacial score (nSPS) is 16.0. The summed E-state index contributed by atoms with van der Waals surface area (Å²) in [5, 5.41) is 0. The first kappa shape index (κ1) is 20.2. The van der Waals surface area contributed by atoms with Crippen molar-refractivity contribution in [2.75, 3.05) is 37.7 Å². The molecule has 130 valence electrons. The lowest BCUT2D eigenvalue weighted by Crippen LogP contribution is -2.42. The Balaban J connectivity index is 0.00000264. The largest absolute Gasteiger partial charge is 0.492 e. The van der Waals surface area contributed by atoms with Crippen LogP contribution in [0.5, 0.6) is 5.75 Å². The molecule has 9 heteroatoms. The number of guanidine groups is 1. The van der Waals surface area contributed by atoms with E-state index in [4.69, 9.17) is 10.5 Å². The molecule has 0 unspecified atom stereocenters. The third kappa shape index (κ3) is 6.66. The van der Waals surface area contributed by atoms with Gasteiger partial charge in [0, 0.05) is 24.6 Å². The average Bonchev–Trinajstić information content (AvgIpc) is 2.52. The van der Waals surface area contributed by atoms with Crippen molar-refractivity contribution in [1.29, 1.82) is 0 Å². The molecule has 0 aromatic heterocycles. The van der Waals surface area contributed by atoms with Gasteiger partial charge in [-0.1, -0.05) is 0 Å². The Hall–Kier alpha value is -0.840. The van der Waals surface area contributed by atoms with Gasteiger partial charge in [-0.15, -0.1) is 24.0 Å². The van der Waals surface area contributed by atoms with Crippen LogP contribution < -0.4 is 10.5 Å². The van der Waals surface area contributed by atoms with Gasteiger partial charge in [-0.25, -0.2) is 4.99 Å². The molecule has 1 saturated heterocycles. The number of hydrogen-bond donors (Lipinski definition) is 1. The van der Waals surface area contributed by atoms with Crippen LogP contribution in [0, 0.1) is 0 Å². The van der Waals surface area contributed by atoms with E-state index >= 15 is 0 Å². The molecule has 4 nitrogen and oxygen atoms in total. The van der Waals surface area contributed by atoms with Gasteiger partial charge in [0.05, 0.1) is 12.1 Å². The van der Waals surface area contributed by atoms with Crippen molar-refractivity contribution in [2.45, 2.75) is 6.18 Å². The number of aliphatic imine (C=N–C) groups is 1. The molecule has 0 saturated carbocycles. The van der Waals surface area contributed by atoms with Gasteiger partial charge < -0.3 is 15.4 Å². The Morgan fingerprint density at radius 1 is 1.22 bits per heavy atom. The molecule has 1 fully saturated rings. The molecule has 1 aliphatic heterocycles. The standard InChI is InChI=1S/C14H18F3N3OS.HI/c15-14(16,17)11-1-3-12(4-2-11)21-8-5-19-13(18)20-6-9-22-10-7-20;/h1-4H,5-10H2,(H2,18,19);1H. The van der Waals surface area contributed by atoms with E-state index in [1.165, 1.54) is 12.1 Å². The monoisotopic (exact) mass is 461 g/mol. The summed E-state index contributed by atoms with van der Waals surface area (Å²) in [5.74, 6) is 2.96. The average molecular weight is 461 g/mol. The van der Waals surface area contributed by atoms with Crippen LogP contribution in [0.25, 0.3) is 0 Å². The fraction of sp³-hybridized carbons (Fsp3) is 0.500. The van der Waals surface area contributed by atoms with Gasteiger partial charge >= 0.3 is 6.18 Å².